The fourth-order valence-corrected chi connectivity index (χ4v) is 5.38. The van der Waals surface area contributed by atoms with Crippen LogP contribution in [-0.4, -0.2) is 15.5 Å². The standard InChI is InChI=1S/C26H31NO3S/c1-17(2)23-16-25(20(5)15-24(23)30-6)31(28,29)27-26(21-10-8-7-9-11-21)22-13-12-18(3)14-19(22)4/h7-17,26-27H,1-6H3. The third kappa shape index (κ3) is 5.00. The highest BCUT2D eigenvalue weighted by atomic mass is 32.2. The summed E-state index contributed by atoms with van der Waals surface area (Å²) in [5.41, 5.74) is 5.55. The van der Waals surface area contributed by atoms with Crippen LogP contribution in [0.15, 0.2) is 65.6 Å². The summed E-state index contributed by atoms with van der Waals surface area (Å²) in [5, 5.41) is 0. The Morgan fingerprint density at radius 3 is 2.10 bits per heavy atom. The highest BCUT2D eigenvalue weighted by molar-refractivity contribution is 7.89. The topological polar surface area (TPSA) is 55.4 Å². The number of methoxy groups -OCH3 is 1. The Hall–Kier alpha value is -2.63. The molecule has 5 heteroatoms. The first-order chi connectivity index (χ1) is 14.6. The van der Waals surface area contributed by atoms with E-state index in [1.54, 1.807) is 26.2 Å². The van der Waals surface area contributed by atoms with Crippen molar-refractivity contribution in [3.63, 3.8) is 0 Å². The third-order valence-corrected chi connectivity index (χ3v) is 7.15. The molecule has 4 nitrogen and oxygen atoms in total. The Balaban J connectivity index is 2.12. The van der Waals surface area contributed by atoms with E-state index in [9.17, 15) is 8.42 Å². The molecule has 3 aromatic rings. The minimum absolute atomic E-state index is 0.133. The SMILES string of the molecule is COc1cc(C)c(S(=O)(=O)NC(c2ccccc2)c2ccc(C)cc2C)cc1C(C)C. The van der Waals surface area contributed by atoms with Crippen LogP contribution in [0.5, 0.6) is 5.75 Å². The number of aryl methyl sites for hydroxylation is 3. The molecular formula is C26H31NO3S. The minimum atomic E-state index is -3.80. The maximum atomic E-state index is 13.6. The van der Waals surface area contributed by atoms with Crippen LogP contribution in [0.3, 0.4) is 0 Å². The smallest absolute Gasteiger partial charge is 0.241 e. The summed E-state index contributed by atoms with van der Waals surface area (Å²) in [5.74, 6) is 0.842. The first-order valence-electron chi connectivity index (χ1n) is 10.5. The molecule has 0 aliphatic heterocycles. The molecule has 1 N–H and O–H groups in total. The van der Waals surface area contributed by atoms with Gasteiger partial charge < -0.3 is 4.74 Å². The lowest BCUT2D eigenvalue weighted by Crippen LogP contribution is -2.30. The van der Waals surface area contributed by atoms with Crippen molar-refractivity contribution in [3.05, 3.63) is 94.0 Å². The second kappa shape index (κ2) is 9.25. The highest BCUT2D eigenvalue weighted by Crippen LogP contribution is 2.33. The summed E-state index contributed by atoms with van der Waals surface area (Å²) < 4.78 is 35.7. The van der Waals surface area contributed by atoms with E-state index in [1.807, 2.05) is 70.2 Å². The van der Waals surface area contributed by atoms with Crippen molar-refractivity contribution in [1.82, 2.24) is 4.72 Å². The fourth-order valence-electron chi connectivity index (χ4n) is 3.92. The zero-order chi connectivity index (χ0) is 22.8. The van der Waals surface area contributed by atoms with Gasteiger partial charge in [0.15, 0.2) is 0 Å². The summed E-state index contributed by atoms with van der Waals surface area (Å²) in [6.45, 7) is 9.91. The molecule has 0 amide bonds. The van der Waals surface area contributed by atoms with Gasteiger partial charge in [-0.05, 0) is 66.6 Å². The summed E-state index contributed by atoms with van der Waals surface area (Å²) >= 11 is 0. The maximum absolute atomic E-state index is 13.6. The average molecular weight is 438 g/mol. The van der Waals surface area contributed by atoms with Gasteiger partial charge in [0.1, 0.15) is 5.75 Å². The zero-order valence-electron chi connectivity index (χ0n) is 19.1. The van der Waals surface area contributed by atoms with Crippen LogP contribution in [0.25, 0.3) is 0 Å². The lowest BCUT2D eigenvalue weighted by atomic mass is 9.95. The summed E-state index contributed by atoms with van der Waals surface area (Å²) in [4.78, 5) is 0.280. The van der Waals surface area contributed by atoms with Crippen molar-refractivity contribution < 1.29 is 13.2 Å². The van der Waals surface area contributed by atoms with E-state index in [0.717, 1.165) is 27.8 Å². The van der Waals surface area contributed by atoms with Gasteiger partial charge in [-0.25, -0.2) is 8.42 Å². The molecule has 0 bridgehead atoms. The average Bonchev–Trinajstić information content (AvgIpc) is 2.72. The van der Waals surface area contributed by atoms with Crippen LogP contribution in [0.4, 0.5) is 0 Å². The van der Waals surface area contributed by atoms with Crippen LogP contribution in [0, 0.1) is 20.8 Å². The monoisotopic (exact) mass is 437 g/mol. The van der Waals surface area contributed by atoms with E-state index in [-0.39, 0.29) is 10.8 Å². The molecule has 1 unspecified atom stereocenters. The van der Waals surface area contributed by atoms with E-state index in [0.29, 0.717) is 11.3 Å². The van der Waals surface area contributed by atoms with E-state index in [2.05, 4.69) is 10.8 Å². The molecule has 0 fully saturated rings. The van der Waals surface area contributed by atoms with E-state index < -0.39 is 16.1 Å². The van der Waals surface area contributed by atoms with Crippen LogP contribution in [-0.2, 0) is 10.0 Å². The zero-order valence-corrected chi connectivity index (χ0v) is 19.9. The Morgan fingerprint density at radius 1 is 0.839 bits per heavy atom. The molecule has 164 valence electrons. The van der Waals surface area contributed by atoms with Crippen molar-refractivity contribution in [1.29, 1.82) is 0 Å². The Morgan fingerprint density at radius 2 is 1.52 bits per heavy atom. The van der Waals surface area contributed by atoms with Crippen molar-refractivity contribution in [2.45, 2.75) is 51.5 Å². The largest absolute Gasteiger partial charge is 0.496 e. The minimum Gasteiger partial charge on any atom is -0.496 e. The van der Waals surface area contributed by atoms with Crippen molar-refractivity contribution in [2.24, 2.45) is 0 Å². The molecule has 3 aromatic carbocycles. The second-order valence-corrected chi connectivity index (χ2v) is 10.0. The van der Waals surface area contributed by atoms with Crippen molar-refractivity contribution >= 4 is 10.0 Å². The predicted octanol–water partition coefficient (Wildman–Crippen LogP) is 5.81. The normalized spacial score (nSPS) is 12.7. The number of sulfonamides is 1. The Labute approximate surface area is 186 Å². The van der Waals surface area contributed by atoms with Gasteiger partial charge in [0, 0.05) is 0 Å². The van der Waals surface area contributed by atoms with Crippen molar-refractivity contribution in [3.8, 4) is 5.75 Å². The molecule has 1 atom stereocenters. The number of ether oxygens (including phenoxy) is 1. The van der Waals surface area contributed by atoms with E-state index >= 15 is 0 Å². The Kier molecular flexibility index (Phi) is 6.87. The van der Waals surface area contributed by atoms with E-state index in [4.69, 9.17) is 4.74 Å². The summed E-state index contributed by atoms with van der Waals surface area (Å²) in [6, 6.07) is 18.8. The number of benzene rings is 3. The van der Waals surface area contributed by atoms with Crippen LogP contribution in [0.1, 0.15) is 59.2 Å². The second-order valence-electron chi connectivity index (χ2n) is 8.34. The van der Waals surface area contributed by atoms with Gasteiger partial charge in [-0.1, -0.05) is 67.9 Å². The molecular weight excluding hydrogens is 406 g/mol. The van der Waals surface area contributed by atoms with Gasteiger partial charge in [-0.3, -0.25) is 0 Å². The molecule has 0 radical (unpaired) electrons. The number of hydrogen-bond donors (Lipinski definition) is 1. The lowest BCUT2D eigenvalue weighted by molar-refractivity contribution is 0.406. The molecule has 3 rings (SSSR count). The van der Waals surface area contributed by atoms with E-state index in [1.165, 1.54) is 0 Å². The number of nitrogens with one attached hydrogen (secondary N) is 1. The molecule has 0 saturated carbocycles. The molecule has 0 spiro atoms. The predicted molar refractivity (Wildman–Crippen MR) is 126 cm³/mol. The van der Waals surface area contributed by atoms with Gasteiger partial charge in [0.05, 0.1) is 18.0 Å². The third-order valence-electron chi connectivity index (χ3n) is 5.58. The molecule has 0 aromatic heterocycles. The van der Waals surface area contributed by atoms with Gasteiger partial charge in [-0.15, -0.1) is 0 Å². The number of hydrogen-bond acceptors (Lipinski definition) is 3. The van der Waals surface area contributed by atoms with Crippen LogP contribution in [0.2, 0.25) is 0 Å². The maximum Gasteiger partial charge on any atom is 0.241 e. The lowest BCUT2D eigenvalue weighted by Gasteiger charge is -2.23. The molecule has 0 heterocycles. The molecule has 31 heavy (non-hydrogen) atoms. The van der Waals surface area contributed by atoms with Gasteiger partial charge in [0.25, 0.3) is 0 Å². The van der Waals surface area contributed by atoms with Gasteiger partial charge >= 0.3 is 0 Å². The number of rotatable bonds is 7. The quantitative estimate of drug-likeness (QED) is 0.507. The fraction of sp³-hybridized carbons (Fsp3) is 0.308. The summed E-state index contributed by atoms with van der Waals surface area (Å²) in [6.07, 6.45) is 0. The van der Waals surface area contributed by atoms with Gasteiger partial charge in [-0.2, -0.15) is 4.72 Å². The summed E-state index contributed by atoms with van der Waals surface area (Å²) in [7, 11) is -2.19. The van der Waals surface area contributed by atoms with Gasteiger partial charge in [0.2, 0.25) is 10.0 Å². The van der Waals surface area contributed by atoms with Crippen LogP contribution >= 0.6 is 0 Å². The van der Waals surface area contributed by atoms with Crippen molar-refractivity contribution in [2.75, 3.05) is 7.11 Å². The van der Waals surface area contributed by atoms with Crippen LogP contribution < -0.4 is 9.46 Å². The molecule has 0 saturated heterocycles. The Bertz CT molecular complexity index is 1170. The first-order valence-corrected chi connectivity index (χ1v) is 11.9. The molecule has 0 aliphatic rings. The molecule has 0 aliphatic carbocycles. The highest BCUT2D eigenvalue weighted by Gasteiger charge is 2.27. The first kappa shape index (κ1) is 23.0.